The van der Waals surface area contributed by atoms with E-state index in [1.54, 1.807) is 18.2 Å². The minimum atomic E-state index is -0.468. The van der Waals surface area contributed by atoms with Crippen molar-refractivity contribution in [2.75, 3.05) is 5.32 Å². The van der Waals surface area contributed by atoms with Crippen LogP contribution >= 0.6 is 27.5 Å². The Morgan fingerprint density at radius 1 is 1.16 bits per heavy atom. The van der Waals surface area contributed by atoms with E-state index in [-0.39, 0.29) is 16.9 Å². The Morgan fingerprint density at radius 3 is 2.53 bits per heavy atom. The van der Waals surface area contributed by atoms with Gasteiger partial charge in [-0.15, -0.1) is 0 Å². The van der Waals surface area contributed by atoms with Gasteiger partial charge in [0.15, 0.2) is 0 Å². The van der Waals surface area contributed by atoms with Gasteiger partial charge in [-0.2, -0.15) is 0 Å². The predicted molar refractivity (Wildman–Crippen MR) is 77.5 cm³/mol. The molecule has 0 heterocycles. The molecule has 0 amide bonds. The fourth-order valence-electron chi connectivity index (χ4n) is 1.72. The molecule has 19 heavy (non-hydrogen) atoms. The van der Waals surface area contributed by atoms with Gasteiger partial charge >= 0.3 is 0 Å². The molecular formula is C14H11BrClF2N. The van der Waals surface area contributed by atoms with Gasteiger partial charge in [-0.1, -0.05) is 23.7 Å². The fourth-order valence-corrected chi connectivity index (χ4v) is 2.36. The molecule has 0 aliphatic carbocycles. The minimum absolute atomic E-state index is 0.0544. The van der Waals surface area contributed by atoms with Gasteiger partial charge in [0.25, 0.3) is 0 Å². The van der Waals surface area contributed by atoms with Crippen LogP contribution in [0.5, 0.6) is 0 Å². The standard InChI is InChI=1S/C14H11BrClF2N/c1-8(9-5-6-12(17)11(16)7-9)19-14-10(15)3-2-4-13(14)18/h2-8,19H,1H3. The van der Waals surface area contributed by atoms with Crippen molar-refractivity contribution in [3.05, 3.63) is 63.1 Å². The second-order valence-electron chi connectivity index (χ2n) is 4.14. The van der Waals surface area contributed by atoms with Crippen LogP contribution in [0.2, 0.25) is 5.02 Å². The van der Waals surface area contributed by atoms with Crippen molar-refractivity contribution < 1.29 is 8.78 Å². The molecular weight excluding hydrogens is 336 g/mol. The first-order chi connectivity index (χ1) is 8.99. The number of nitrogens with one attached hydrogen (secondary N) is 1. The topological polar surface area (TPSA) is 12.0 Å². The van der Waals surface area contributed by atoms with Crippen LogP contribution in [0.4, 0.5) is 14.5 Å². The lowest BCUT2D eigenvalue weighted by Crippen LogP contribution is -2.08. The third-order valence-corrected chi connectivity index (χ3v) is 3.72. The van der Waals surface area contributed by atoms with Gasteiger partial charge in [0.05, 0.1) is 10.7 Å². The SMILES string of the molecule is CC(Nc1c(F)cccc1Br)c1ccc(F)c(Cl)c1. The molecule has 2 aromatic rings. The molecule has 2 aromatic carbocycles. The largest absolute Gasteiger partial charge is 0.375 e. The maximum Gasteiger partial charge on any atom is 0.147 e. The van der Waals surface area contributed by atoms with Gasteiger partial charge in [0.1, 0.15) is 11.6 Å². The van der Waals surface area contributed by atoms with Gasteiger partial charge in [0.2, 0.25) is 0 Å². The molecule has 0 saturated heterocycles. The smallest absolute Gasteiger partial charge is 0.147 e. The average Bonchev–Trinajstić information content (AvgIpc) is 2.37. The molecule has 0 aliphatic heterocycles. The molecule has 0 radical (unpaired) electrons. The van der Waals surface area contributed by atoms with Crippen LogP contribution in [-0.2, 0) is 0 Å². The van der Waals surface area contributed by atoms with E-state index in [2.05, 4.69) is 21.2 Å². The molecule has 0 bridgehead atoms. The number of benzene rings is 2. The Hall–Kier alpha value is -1.13. The summed E-state index contributed by atoms with van der Waals surface area (Å²) >= 11 is 9.02. The van der Waals surface area contributed by atoms with Crippen molar-refractivity contribution in [2.45, 2.75) is 13.0 Å². The summed E-state index contributed by atoms with van der Waals surface area (Å²) in [5.74, 6) is -0.820. The van der Waals surface area contributed by atoms with E-state index in [1.165, 1.54) is 18.2 Å². The van der Waals surface area contributed by atoms with E-state index in [0.29, 0.717) is 10.2 Å². The number of para-hydroxylation sites is 1. The monoisotopic (exact) mass is 345 g/mol. The quantitative estimate of drug-likeness (QED) is 0.768. The summed E-state index contributed by atoms with van der Waals surface area (Å²) < 4.78 is 27.4. The molecule has 0 aromatic heterocycles. The molecule has 5 heteroatoms. The number of hydrogen-bond donors (Lipinski definition) is 1. The van der Waals surface area contributed by atoms with Gasteiger partial charge in [0, 0.05) is 10.5 Å². The van der Waals surface area contributed by atoms with Gasteiger partial charge < -0.3 is 5.32 Å². The summed E-state index contributed by atoms with van der Waals surface area (Å²) in [6.45, 7) is 1.85. The first kappa shape index (κ1) is 14.3. The first-order valence-electron chi connectivity index (χ1n) is 5.64. The molecule has 0 spiro atoms. The molecule has 1 unspecified atom stereocenters. The summed E-state index contributed by atoms with van der Waals surface area (Å²) in [6, 6.07) is 8.98. The molecule has 0 saturated carbocycles. The normalized spacial score (nSPS) is 12.3. The highest BCUT2D eigenvalue weighted by molar-refractivity contribution is 9.10. The Bertz CT molecular complexity index is 584. The van der Waals surface area contributed by atoms with Crippen molar-refractivity contribution in [2.24, 2.45) is 0 Å². The van der Waals surface area contributed by atoms with Gasteiger partial charge in [-0.3, -0.25) is 0 Å². The lowest BCUT2D eigenvalue weighted by Gasteiger charge is -2.17. The number of hydrogen-bond acceptors (Lipinski definition) is 1. The van der Waals surface area contributed by atoms with Gasteiger partial charge in [-0.05, 0) is 52.7 Å². The first-order valence-corrected chi connectivity index (χ1v) is 6.81. The van der Waals surface area contributed by atoms with Crippen molar-refractivity contribution in [1.82, 2.24) is 0 Å². The van der Waals surface area contributed by atoms with Crippen LogP contribution in [0.15, 0.2) is 40.9 Å². The maximum atomic E-state index is 13.7. The van der Waals surface area contributed by atoms with Crippen LogP contribution in [-0.4, -0.2) is 0 Å². The fraction of sp³-hybridized carbons (Fsp3) is 0.143. The number of halogens is 4. The molecule has 1 nitrogen and oxygen atoms in total. The van der Waals surface area contributed by atoms with E-state index < -0.39 is 5.82 Å². The molecule has 1 N–H and O–H groups in total. The third-order valence-electron chi connectivity index (χ3n) is 2.77. The lowest BCUT2D eigenvalue weighted by molar-refractivity contribution is 0.623. The summed E-state index contributed by atoms with van der Waals surface area (Å²) in [5.41, 5.74) is 1.15. The highest BCUT2D eigenvalue weighted by Gasteiger charge is 2.12. The van der Waals surface area contributed by atoms with Crippen LogP contribution < -0.4 is 5.32 Å². The lowest BCUT2D eigenvalue weighted by atomic mass is 10.1. The molecule has 1 atom stereocenters. The van der Waals surface area contributed by atoms with E-state index in [1.807, 2.05) is 6.92 Å². The zero-order valence-electron chi connectivity index (χ0n) is 10.1. The summed E-state index contributed by atoms with van der Waals surface area (Å²) in [5, 5.41) is 3.09. The molecule has 2 rings (SSSR count). The van der Waals surface area contributed by atoms with E-state index >= 15 is 0 Å². The van der Waals surface area contributed by atoms with E-state index in [0.717, 1.165) is 5.56 Å². The number of rotatable bonds is 3. The number of anilines is 1. The van der Waals surface area contributed by atoms with Crippen molar-refractivity contribution in [3.8, 4) is 0 Å². The minimum Gasteiger partial charge on any atom is -0.375 e. The van der Waals surface area contributed by atoms with E-state index in [4.69, 9.17) is 11.6 Å². The maximum absolute atomic E-state index is 13.7. The zero-order chi connectivity index (χ0) is 14.0. The van der Waals surface area contributed by atoms with Gasteiger partial charge in [-0.25, -0.2) is 8.78 Å². The molecule has 100 valence electrons. The van der Waals surface area contributed by atoms with E-state index in [9.17, 15) is 8.78 Å². The summed E-state index contributed by atoms with van der Waals surface area (Å²) in [6.07, 6.45) is 0. The second-order valence-corrected chi connectivity index (χ2v) is 5.40. The Labute approximate surface area is 123 Å². The van der Waals surface area contributed by atoms with Crippen molar-refractivity contribution >= 4 is 33.2 Å². The Morgan fingerprint density at radius 2 is 1.89 bits per heavy atom. The highest BCUT2D eigenvalue weighted by atomic mass is 79.9. The summed E-state index contributed by atoms with van der Waals surface area (Å²) in [4.78, 5) is 0. The second kappa shape index (κ2) is 5.88. The summed E-state index contributed by atoms with van der Waals surface area (Å²) in [7, 11) is 0. The van der Waals surface area contributed by atoms with Crippen LogP contribution in [0, 0.1) is 11.6 Å². The van der Waals surface area contributed by atoms with Crippen LogP contribution in [0.25, 0.3) is 0 Å². The Balaban J connectivity index is 2.25. The molecule has 0 aliphatic rings. The predicted octanol–water partition coefficient (Wildman–Crippen LogP) is 5.55. The Kier molecular flexibility index (Phi) is 4.42. The van der Waals surface area contributed by atoms with Crippen molar-refractivity contribution in [3.63, 3.8) is 0 Å². The van der Waals surface area contributed by atoms with Crippen LogP contribution in [0.3, 0.4) is 0 Å². The average molecular weight is 347 g/mol. The highest BCUT2D eigenvalue weighted by Crippen LogP contribution is 2.30. The third kappa shape index (κ3) is 3.25. The molecule has 0 fully saturated rings. The van der Waals surface area contributed by atoms with Crippen molar-refractivity contribution in [1.29, 1.82) is 0 Å². The van der Waals surface area contributed by atoms with Crippen LogP contribution in [0.1, 0.15) is 18.5 Å². The zero-order valence-corrected chi connectivity index (χ0v) is 12.4.